The summed E-state index contributed by atoms with van der Waals surface area (Å²) in [5.74, 6) is -0.996. The fourth-order valence-corrected chi connectivity index (χ4v) is 2.60. The van der Waals surface area contributed by atoms with Crippen molar-refractivity contribution >= 4 is 39.9 Å². The van der Waals surface area contributed by atoms with Gasteiger partial charge in [-0.1, -0.05) is 31.2 Å². The van der Waals surface area contributed by atoms with Gasteiger partial charge in [0, 0.05) is 25.1 Å². The summed E-state index contributed by atoms with van der Waals surface area (Å²) in [6.07, 6.45) is 3.09. The van der Waals surface area contributed by atoms with Crippen molar-refractivity contribution in [1.29, 1.82) is 0 Å². The summed E-state index contributed by atoms with van der Waals surface area (Å²) < 4.78 is 15.6. The lowest BCUT2D eigenvalue weighted by atomic mass is 10.2. The van der Waals surface area contributed by atoms with Crippen LogP contribution in [-0.2, 0) is 0 Å². The van der Waals surface area contributed by atoms with Crippen molar-refractivity contribution in [2.45, 2.75) is 20.3 Å². The fraction of sp³-hybridized carbons (Fsp3) is 0.235. The Morgan fingerprint density at radius 3 is 2.84 bits per heavy atom. The first-order valence-electron chi connectivity index (χ1n) is 7.66. The Balaban J connectivity index is 2.70. The number of carbonyl (C=O) groups excluding carboxylic acids is 1. The first-order chi connectivity index (χ1) is 11.9. The molecule has 0 fully saturated rings. The van der Waals surface area contributed by atoms with Gasteiger partial charge >= 0.3 is 0 Å². The van der Waals surface area contributed by atoms with Crippen LogP contribution < -0.4 is 10.6 Å². The molecule has 1 aromatic heterocycles. The van der Waals surface area contributed by atoms with Crippen LogP contribution in [0.3, 0.4) is 0 Å². The summed E-state index contributed by atoms with van der Waals surface area (Å²) in [5, 5.41) is 4.72. The highest BCUT2D eigenvalue weighted by atomic mass is 35.5. The molecule has 2 N–H and O–H groups in total. The van der Waals surface area contributed by atoms with E-state index in [1.165, 1.54) is 11.6 Å². The number of halogens is 2. The van der Waals surface area contributed by atoms with Crippen molar-refractivity contribution in [3.8, 4) is 0 Å². The molecule has 132 valence electrons. The van der Waals surface area contributed by atoms with Crippen molar-refractivity contribution in [3.63, 3.8) is 0 Å². The molecule has 0 radical (unpaired) electrons. The standard InChI is InChI=1S/C17H19ClFN5O/c1-4-8-23(17(14(19)9-20)22-11(2)18)15-6-5-7-16-13(15)10-21-24(16)12(3)25/h5-7,9-10H,2,4,8,20H2,1,3H3/b14-9+,22-17?. The van der Waals surface area contributed by atoms with E-state index in [0.717, 1.165) is 6.20 Å². The van der Waals surface area contributed by atoms with Crippen molar-refractivity contribution < 1.29 is 9.18 Å². The molecule has 0 amide bonds. The third-order valence-corrected chi connectivity index (χ3v) is 3.55. The van der Waals surface area contributed by atoms with Crippen LogP contribution in [0.15, 0.2) is 53.2 Å². The number of aliphatic imine (C=N–C) groups is 1. The molecule has 0 aliphatic heterocycles. The van der Waals surface area contributed by atoms with Crippen LogP contribution in [0.1, 0.15) is 25.1 Å². The molecule has 25 heavy (non-hydrogen) atoms. The molecule has 1 heterocycles. The van der Waals surface area contributed by atoms with Crippen LogP contribution in [0.5, 0.6) is 0 Å². The van der Waals surface area contributed by atoms with Gasteiger partial charge in [0.1, 0.15) is 5.16 Å². The Bertz CT molecular complexity index is 871. The van der Waals surface area contributed by atoms with E-state index in [0.29, 0.717) is 29.6 Å². The van der Waals surface area contributed by atoms with Gasteiger partial charge in [-0.25, -0.2) is 14.1 Å². The Morgan fingerprint density at radius 1 is 1.56 bits per heavy atom. The third-order valence-electron chi connectivity index (χ3n) is 3.47. The minimum absolute atomic E-state index is 0.0487. The zero-order valence-corrected chi connectivity index (χ0v) is 14.8. The third kappa shape index (κ3) is 3.88. The Labute approximate surface area is 150 Å². The van der Waals surface area contributed by atoms with Gasteiger partial charge in [0.25, 0.3) is 0 Å². The number of carbonyl (C=O) groups is 1. The molecule has 0 spiro atoms. The number of nitrogens with two attached hydrogens (primary N) is 1. The summed E-state index contributed by atoms with van der Waals surface area (Å²) >= 11 is 5.76. The van der Waals surface area contributed by atoms with Crippen molar-refractivity contribution in [1.82, 2.24) is 9.78 Å². The van der Waals surface area contributed by atoms with E-state index in [9.17, 15) is 9.18 Å². The molecule has 1 aromatic carbocycles. The topological polar surface area (TPSA) is 76.5 Å². The van der Waals surface area contributed by atoms with Crippen LogP contribution in [0.2, 0.25) is 0 Å². The van der Waals surface area contributed by atoms with Gasteiger partial charge in [0.2, 0.25) is 5.91 Å². The number of nitrogens with zero attached hydrogens (tertiary/aromatic N) is 4. The van der Waals surface area contributed by atoms with Crippen molar-refractivity contribution in [2.24, 2.45) is 10.7 Å². The van der Waals surface area contributed by atoms with E-state index in [2.05, 4.69) is 16.7 Å². The van der Waals surface area contributed by atoms with E-state index >= 15 is 0 Å². The van der Waals surface area contributed by atoms with Crippen LogP contribution in [0, 0.1) is 0 Å². The lowest BCUT2D eigenvalue weighted by molar-refractivity contribution is 0.0927. The quantitative estimate of drug-likeness (QED) is 0.498. The number of anilines is 1. The maximum atomic E-state index is 14.3. The van der Waals surface area contributed by atoms with Gasteiger partial charge in [-0.3, -0.25) is 4.79 Å². The van der Waals surface area contributed by atoms with E-state index < -0.39 is 5.83 Å². The number of aromatic nitrogens is 2. The van der Waals surface area contributed by atoms with Gasteiger partial charge in [-0.05, 0) is 18.6 Å². The zero-order chi connectivity index (χ0) is 18.6. The molecule has 0 saturated heterocycles. The Morgan fingerprint density at radius 2 is 2.28 bits per heavy atom. The summed E-state index contributed by atoms with van der Waals surface area (Å²) in [5.41, 5.74) is 6.60. The Hall–Kier alpha value is -2.67. The van der Waals surface area contributed by atoms with Gasteiger partial charge in [-0.15, -0.1) is 0 Å². The highest BCUT2D eigenvalue weighted by Gasteiger charge is 2.21. The van der Waals surface area contributed by atoms with Crippen LogP contribution in [0.25, 0.3) is 10.9 Å². The smallest absolute Gasteiger partial charge is 0.244 e. The molecule has 0 aliphatic carbocycles. The van der Waals surface area contributed by atoms with Crippen LogP contribution in [0.4, 0.5) is 10.1 Å². The number of hydrogen-bond acceptors (Lipinski definition) is 4. The van der Waals surface area contributed by atoms with Crippen molar-refractivity contribution in [2.75, 3.05) is 11.4 Å². The largest absolute Gasteiger partial charge is 0.402 e. The Kier molecular flexibility index (Phi) is 5.93. The van der Waals surface area contributed by atoms with Gasteiger partial charge in [-0.2, -0.15) is 5.10 Å². The molecular formula is C17H19ClFN5O. The number of rotatable bonds is 5. The summed E-state index contributed by atoms with van der Waals surface area (Å²) in [6, 6.07) is 5.32. The highest BCUT2D eigenvalue weighted by Crippen LogP contribution is 2.29. The lowest BCUT2D eigenvalue weighted by Crippen LogP contribution is -2.32. The summed E-state index contributed by atoms with van der Waals surface area (Å²) in [4.78, 5) is 17.3. The highest BCUT2D eigenvalue weighted by molar-refractivity contribution is 6.30. The minimum atomic E-state index is -0.730. The van der Waals surface area contributed by atoms with Gasteiger partial charge < -0.3 is 10.6 Å². The zero-order valence-electron chi connectivity index (χ0n) is 14.0. The molecule has 0 atom stereocenters. The average molecular weight is 364 g/mol. The molecular weight excluding hydrogens is 345 g/mol. The first kappa shape index (κ1) is 18.7. The minimum Gasteiger partial charge on any atom is -0.402 e. The second kappa shape index (κ2) is 7.94. The molecule has 0 saturated carbocycles. The second-order valence-electron chi connectivity index (χ2n) is 5.26. The lowest BCUT2D eigenvalue weighted by Gasteiger charge is -2.25. The predicted molar refractivity (Wildman–Crippen MR) is 99.5 cm³/mol. The van der Waals surface area contributed by atoms with E-state index in [1.807, 2.05) is 6.92 Å². The molecule has 2 aromatic rings. The molecule has 0 bridgehead atoms. The van der Waals surface area contributed by atoms with E-state index in [1.54, 1.807) is 29.3 Å². The van der Waals surface area contributed by atoms with Crippen LogP contribution >= 0.6 is 11.6 Å². The second-order valence-corrected chi connectivity index (χ2v) is 5.70. The van der Waals surface area contributed by atoms with Crippen molar-refractivity contribution in [3.05, 3.63) is 48.2 Å². The fourth-order valence-electron chi connectivity index (χ4n) is 2.52. The average Bonchev–Trinajstić information content (AvgIpc) is 3.01. The van der Waals surface area contributed by atoms with E-state index in [-0.39, 0.29) is 16.9 Å². The summed E-state index contributed by atoms with van der Waals surface area (Å²) in [7, 11) is 0. The van der Waals surface area contributed by atoms with Gasteiger partial charge in [0.15, 0.2) is 11.7 Å². The molecule has 0 aliphatic rings. The van der Waals surface area contributed by atoms with E-state index in [4.69, 9.17) is 17.3 Å². The molecule has 0 unspecified atom stereocenters. The normalized spacial score (nSPS) is 12.5. The predicted octanol–water partition coefficient (Wildman–Crippen LogP) is 3.79. The maximum Gasteiger partial charge on any atom is 0.244 e. The molecule has 6 nitrogen and oxygen atoms in total. The SMILES string of the molecule is C=C(Cl)N=C(/C(F)=C\N)N(CCC)c1cccc2c1cnn2C(C)=O. The number of fused-ring (bicyclic) bond motifs is 1. The number of benzene rings is 1. The monoisotopic (exact) mass is 363 g/mol. The van der Waals surface area contributed by atoms with Gasteiger partial charge in [0.05, 0.1) is 17.4 Å². The maximum absolute atomic E-state index is 14.3. The number of hydrogen-bond donors (Lipinski definition) is 1. The molecule has 2 rings (SSSR count). The molecule has 8 heteroatoms. The number of amidine groups is 1. The first-order valence-corrected chi connectivity index (χ1v) is 8.04. The summed E-state index contributed by atoms with van der Waals surface area (Å²) in [6.45, 7) is 7.31. The van der Waals surface area contributed by atoms with Crippen LogP contribution in [-0.4, -0.2) is 28.1 Å².